The molecule has 1 aromatic carbocycles. The van der Waals surface area contributed by atoms with E-state index in [1.807, 2.05) is 6.26 Å². The lowest BCUT2D eigenvalue weighted by Crippen LogP contribution is -2.40. The normalized spacial score (nSPS) is 13.5. The van der Waals surface area contributed by atoms with Gasteiger partial charge < -0.3 is 10.6 Å². The topological polar surface area (TPSA) is 88.9 Å². The second-order valence-corrected chi connectivity index (χ2v) is 10.9. The van der Waals surface area contributed by atoms with Crippen molar-refractivity contribution in [1.82, 2.24) is 20.1 Å². The largest absolute Gasteiger partial charge is 0.459 e. The molecule has 0 saturated heterocycles. The lowest BCUT2D eigenvalue weighted by Gasteiger charge is -2.23. The van der Waals surface area contributed by atoms with Crippen molar-refractivity contribution in [3.63, 3.8) is 0 Å². The fraction of sp³-hybridized carbons (Fsp3) is 0.385. The van der Waals surface area contributed by atoms with Gasteiger partial charge >= 0.3 is 24.2 Å². The van der Waals surface area contributed by atoms with Gasteiger partial charge in [0, 0.05) is 18.0 Å². The number of carbonyl (C=O) groups excluding carboxylic acids is 2. The Morgan fingerprint density at radius 1 is 0.956 bits per heavy atom. The zero-order valence-electron chi connectivity index (χ0n) is 23.2. The maximum Gasteiger partial charge on any atom is 0.459 e. The number of nitrogens with one attached hydrogen (secondary N) is 2. The molecule has 19 heteroatoms. The average molecular weight is 694 g/mol. The van der Waals surface area contributed by atoms with Crippen LogP contribution in [0.25, 0.3) is 0 Å². The fourth-order valence-electron chi connectivity index (χ4n) is 3.97. The molecule has 7 nitrogen and oxygen atoms in total. The van der Waals surface area contributed by atoms with Crippen LogP contribution in [0.2, 0.25) is 5.02 Å². The quantitative estimate of drug-likeness (QED) is 0.217. The van der Waals surface area contributed by atoms with Crippen molar-refractivity contribution < 1.29 is 53.5 Å². The van der Waals surface area contributed by atoms with Gasteiger partial charge in [0.25, 0.3) is 11.8 Å². The van der Waals surface area contributed by atoms with E-state index in [1.54, 1.807) is 6.92 Å². The van der Waals surface area contributed by atoms with Gasteiger partial charge in [0.05, 0.1) is 45.3 Å². The molecular formula is C26H22ClF10N5O2S. The van der Waals surface area contributed by atoms with Gasteiger partial charge in [-0.25, -0.2) is 0 Å². The molecule has 3 rings (SSSR count). The number of carbonyl (C=O) groups is 2. The van der Waals surface area contributed by atoms with E-state index in [9.17, 15) is 53.5 Å². The number of pyridine rings is 1. The number of halogens is 11. The molecule has 45 heavy (non-hydrogen) atoms. The first-order valence-corrected chi connectivity index (χ1v) is 14.2. The summed E-state index contributed by atoms with van der Waals surface area (Å²) in [4.78, 5) is 30.0. The molecule has 0 radical (unpaired) electrons. The number of benzene rings is 1. The Labute approximate surface area is 257 Å². The highest BCUT2D eigenvalue weighted by Gasteiger charge is 2.67. The highest BCUT2D eigenvalue weighted by molar-refractivity contribution is 7.98. The van der Waals surface area contributed by atoms with Gasteiger partial charge in [-0.15, -0.1) is 0 Å². The lowest BCUT2D eigenvalue weighted by molar-refractivity contribution is -0.302. The smallest absolute Gasteiger partial charge is 0.349 e. The Morgan fingerprint density at radius 3 is 2.13 bits per heavy atom. The predicted molar refractivity (Wildman–Crippen MR) is 145 cm³/mol. The van der Waals surface area contributed by atoms with Gasteiger partial charge in [0.1, 0.15) is 0 Å². The number of hydrogen-bond donors (Lipinski definition) is 2. The molecule has 1 atom stereocenters. The van der Waals surface area contributed by atoms with Crippen LogP contribution >= 0.6 is 23.4 Å². The first-order valence-electron chi connectivity index (χ1n) is 12.5. The Bertz CT molecular complexity index is 1530. The summed E-state index contributed by atoms with van der Waals surface area (Å²) < 4.78 is 134. The molecular weight excluding hydrogens is 672 g/mol. The summed E-state index contributed by atoms with van der Waals surface area (Å²) in [6.07, 6.45) is -11.5. The minimum Gasteiger partial charge on any atom is -0.349 e. The number of aromatic nitrogens is 3. The van der Waals surface area contributed by atoms with Crippen molar-refractivity contribution in [3.05, 3.63) is 75.3 Å². The van der Waals surface area contributed by atoms with Crippen molar-refractivity contribution in [2.45, 2.75) is 50.6 Å². The maximum atomic E-state index is 14.0. The first-order chi connectivity index (χ1) is 20.6. The molecule has 0 aliphatic heterocycles. The number of thioether (sulfide) groups is 1. The third-order valence-corrected chi connectivity index (χ3v) is 7.25. The van der Waals surface area contributed by atoms with Crippen molar-refractivity contribution in [3.8, 4) is 0 Å². The van der Waals surface area contributed by atoms with Gasteiger partial charge in [-0.3, -0.25) is 19.3 Å². The molecule has 0 fully saturated rings. The minimum atomic E-state index is -6.53. The van der Waals surface area contributed by atoms with E-state index in [2.05, 4.69) is 20.7 Å². The molecule has 246 valence electrons. The molecule has 2 N–H and O–H groups in total. The van der Waals surface area contributed by atoms with E-state index < -0.39 is 53.8 Å². The summed E-state index contributed by atoms with van der Waals surface area (Å²) in [5.74, 6) is -13.1. The zero-order chi connectivity index (χ0) is 34.1. The van der Waals surface area contributed by atoms with Crippen LogP contribution in [0.4, 0.5) is 49.6 Å². The first kappa shape index (κ1) is 35.9. The van der Waals surface area contributed by atoms with E-state index in [-0.39, 0.29) is 50.1 Å². The van der Waals surface area contributed by atoms with E-state index >= 15 is 0 Å². The summed E-state index contributed by atoms with van der Waals surface area (Å²) in [5, 5.41) is 7.92. The van der Waals surface area contributed by atoms with Crippen LogP contribution in [-0.2, 0) is 18.4 Å². The van der Waals surface area contributed by atoms with Crippen LogP contribution in [0.5, 0.6) is 0 Å². The highest BCUT2D eigenvalue weighted by Crippen LogP contribution is 2.51. The summed E-state index contributed by atoms with van der Waals surface area (Å²) in [7, 11) is 0. The number of hydrogen-bond acceptors (Lipinski definition) is 5. The molecule has 2 amide bonds. The number of rotatable bonds is 10. The minimum absolute atomic E-state index is 0.0105. The Kier molecular flexibility index (Phi) is 10.4. The molecule has 0 aliphatic carbocycles. The molecule has 3 aromatic rings. The number of nitrogens with zero attached hydrogens (tertiary/aromatic N) is 3. The molecule has 2 heterocycles. The van der Waals surface area contributed by atoms with Crippen LogP contribution < -0.4 is 10.6 Å². The van der Waals surface area contributed by atoms with Crippen LogP contribution in [0.1, 0.15) is 50.3 Å². The zero-order valence-corrected chi connectivity index (χ0v) is 24.8. The second kappa shape index (κ2) is 13.1. The number of anilines is 1. The van der Waals surface area contributed by atoms with E-state index in [0.29, 0.717) is 5.75 Å². The Hall–Kier alpha value is -3.54. The predicted octanol–water partition coefficient (Wildman–Crippen LogP) is 7.33. The van der Waals surface area contributed by atoms with Crippen LogP contribution in [0.3, 0.4) is 0 Å². The van der Waals surface area contributed by atoms with Crippen molar-refractivity contribution in [1.29, 1.82) is 0 Å². The number of aryl methyl sites for hydroxylation is 1. The molecule has 0 aliphatic rings. The fourth-order valence-corrected chi connectivity index (χ4v) is 4.82. The highest BCUT2D eigenvalue weighted by atomic mass is 35.5. The standard InChI is InChI=1S/C26H22ClF10N5O2S/c1-12(11-45-3)38-22(44)19-15(5-4-6-17(19)27)21(43)40-18-8-7-14(39-13(18)2)9-42-10-16(23(28,29)25(32,33)34)20(41-42)24(30,31)26(35,36)37/h4-8,10,12H,9,11H2,1-3H3,(H,38,44)(H,40,43)/t12-/m0/s1. The monoisotopic (exact) mass is 693 g/mol. The van der Waals surface area contributed by atoms with Crippen LogP contribution in [-0.4, -0.2) is 57.0 Å². The van der Waals surface area contributed by atoms with E-state index in [4.69, 9.17) is 11.6 Å². The third kappa shape index (κ3) is 7.65. The number of alkyl halides is 10. The molecule has 0 saturated carbocycles. The average Bonchev–Trinajstić information content (AvgIpc) is 3.34. The lowest BCUT2D eigenvalue weighted by atomic mass is 10.0. The van der Waals surface area contributed by atoms with Gasteiger partial charge in [-0.1, -0.05) is 17.7 Å². The number of amides is 2. The summed E-state index contributed by atoms with van der Waals surface area (Å²) in [6.45, 7) is 2.16. The van der Waals surface area contributed by atoms with Crippen molar-refractivity contribution in [2.75, 3.05) is 17.3 Å². The summed E-state index contributed by atoms with van der Waals surface area (Å²) >= 11 is 7.67. The third-order valence-electron chi connectivity index (χ3n) is 6.10. The van der Waals surface area contributed by atoms with E-state index in [0.717, 1.165) is 6.07 Å². The van der Waals surface area contributed by atoms with E-state index in [1.165, 1.54) is 43.0 Å². The van der Waals surface area contributed by atoms with Crippen molar-refractivity contribution in [2.24, 2.45) is 0 Å². The maximum absolute atomic E-state index is 14.0. The Morgan fingerprint density at radius 2 is 1.58 bits per heavy atom. The molecule has 0 spiro atoms. The van der Waals surface area contributed by atoms with Gasteiger partial charge in [-0.05, 0) is 44.4 Å². The van der Waals surface area contributed by atoms with Gasteiger partial charge in [0.15, 0.2) is 5.69 Å². The van der Waals surface area contributed by atoms with Crippen molar-refractivity contribution >= 4 is 40.9 Å². The van der Waals surface area contributed by atoms with Crippen LogP contribution in [0, 0.1) is 6.92 Å². The Balaban J connectivity index is 1.91. The SMILES string of the molecule is CSC[C@H](C)NC(=O)c1c(Cl)cccc1C(=O)Nc1ccc(Cn2cc(C(F)(F)C(F)(F)F)c(C(F)(F)C(F)(F)F)n2)nc1C. The van der Waals surface area contributed by atoms with Gasteiger partial charge in [-0.2, -0.15) is 60.8 Å². The second-order valence-electron chi connectivity index (χ2n) is 9.62. The molecule has 0 unspecified atom stereocenters. The van der Waals surface area contributed by atoms with Crippen LogP contribution in [0.15, 0.2) is 36.5 Å². The summed E-state index contributed by atoms with van der Waals surface area (Å²) in [5.41, 5.74) is -5.92. The molecule has 0 bridgehead atoms. The van der Waals surface area contributed by atoms with Gasteiger partial charge in [0.2, 0.25) is 0 Å². The summed E-state index contributed by atoms with van der Waals surface area (Å²) in [6, 6.07) is 6.16. The molecule has 2 aromatic heterocycles.